The summed E-state index contributed by atoms with van der Waals surface area (Å²) in [5.41, 5.74) is 0.875. The van der Waals surface area contributed by atoms with E-state index in [1.54, 1.807) is 11.8 Å². The van der Waals surface area contributed by atoms with Crippen LogP contribution in [-0.4, -0.2) is 16.6 Å². The minimum Gasteiger partial charge on any atom is -0.312 e. The molecule has 1 heterocycles. The molecule has 0 saturated heterocycles. The van der Waals surface area contributed by atoms with E-state index in [-0.39, 0.29) is 5.56 Å². The van der Waals surface area contributed by atoms with Gasteiger partial charge >= 0.3 is 6.18 Å². The van der Waals surface area contributed by atoms with Gasteiger partial charge in [0.15, 0.2) is 4.34 Å². The maximum absolute atomic E-state index is 12.7. The summed E-state index contributed by atoms with van der Waals surface area (Å²) in [6, 6.07) is 13.6. The van der Waals surface area contributed by atoms with Crippen LogP contribution in [0.15, 0.2) is 58.9 Å². The normalized spacial score (nSPS) is 11.4. The summed E-state index contributed by atoms with van der Waals surface area (Å²) in [4.78, 5) is 17.1. The van der Waals surface area contributed by atoms with Gasteiger partial charge in [-0.1, -0.05) is 60.4 Å². The summed E-state index contributed by atoms with van der Waals surface area (Å²) < 4.78 is 38.8. The Morgan fingerprint density at radius 1 is 1.11 bits per heavy atom. The molecule has 1 aromatic heterocycles. The average Bonchev–Trinajstić information content (AvgIpc) is 3.04. The maximum atomic E-state index is 12.7. The highest BCUT2D eigenvalue weighted by atomic mass is 32.2. The maximum Gasteiger partial charge on any atom is 0.416 e. The number of nitrogens with one attached hydrogen (secondary N) is 1. The van der Waals surface area contributed by atoms with Crippen LogP contribution < -0.4 is 5.32 Å². The first kappa shape index (κ1) is 19.4. The van der Waals surface area contributed by atoms with Crippen molar-refractivity contribution in [1.29, 1.82) is 0 Å². The summed E-state index contributed by atoms with van der Waals surface area (Å²) in [6.07, 6.45) is -4.43. The molecule has 3 aromatic rings. The molecule has 27 heavy (non-hydrogen) atoms. The van der Waals surface area contributed by atoms with Crippen molar-refractivity contribution in [3.05, 3.63) is 65.7 Å². The van der Waals surface area contributed by atoms with Crippen molar-refractivity contribution in [1.82, 2.24) is 4.98 Å². The van der Waals surface area contributed by atoms with Gasteiger partial charge in [-0.3, -0.25) is 4.79 Å². The van der Waals surface area contributed by atoms with E-state index in [1.807, 2.05) is 37.3 Å². The predicted octanol–water partition coefficient (Wildman–Crippen LogP) is 6.19. The number of benzene rings is 2. The summed E-state index contributed by atoms with van der Waals surface area (Å²) in [6.45, 7) is 2.01. The number of carbonyl (C=O) groups is 1. The van der Waals surface area contributed by atoms with Gasteiger partial charge in [0.1, 0.15) is 10.7 Å². The number of halogens is 3. The zero-order valence-corrected chi connectivity index (χ0v) is 15.8. The molecule has 3 nitrogen and oxygen atoms in total. The zero-order chi connectivity index (χ0) is 19.4. The second-order valence-electron chi connectivity index (χ2n) is 5.49. The number of thioether (sulfide) groups is 1. The van der Waals surface area contributed by atoms with Gasteiger partial charge < -0.3 is 5.32 Å². The molecular formula is C19H15F3N2OS2. The van der Waals surface area contributed by atoms with E-state index < -0.39 is 17.6 Å². The molecule has 1 amide bonds. The Hall–Kier alpha value is -2.32. The smallest absolute Gasteiger partial charge is 0.312 e. The van der Waals surface area contributed by atoms with Crippen molar-refractivity contribution in [2.45, 2.75) is 17.4 Å². The van der Waals surface area contributed by atoms with Crippen LogP contribution >= 0.6 is 23.1 Å². The van der Waals surface area contributed by atoms with Crippen LogP contribution in [0.4, 0.5) is 18.2 Å². The lowest BCUT2D eigenvalue weighted by Gasteiger charge is -2.08. The number of thiazole rings is 1. The molecule has 0 aliphatic carbocycles. The number of carbonyl (C=O) groups excluding carboxylic acids is 1. The van der Waals surface area contributed by atoms with E-state index in [0.717, 1.165) is 27.8 Å². The lowest BCUT2D eigenvalue weighted by Crippen LogP contribution is -2.12. The van der Waals surface area contributed by atoms with Gasteiger partial charge in [-0.2, -0.15) is 13.2 Å². The number of hydrogen-bond donors (Lipinski definition) is 1. The van der Waals surface area contributed by atoms with Crippen LogP contribution in [0, 0.1) is 0 Å². The van der Waals surface area contributed by atoms with Gasteiger partial charge in [-0.25, -0.2) is 4.98 Å². The van der Waals surface area contributed by atoms with E-state index >= 15 is 0 Å². The first-order valence-electron chi connectivity index (χ1n) is 8.06. The van der Waals surface area contributed by atoms with Gasteiger partial charge in [0.25, 0.3) is 5.91 Å². The average molecular weight is 408 g/mol. The zero-order valence-electron chi connectivity index (χ0n) is 14.2. The molecule has 0 aliphatic rings. The van der Waals surface area contributed by atoms with Crippen LogP contribution in [0.5, 0.6) is 0 Å². The van der Waals surface area contributed by atoms with E-state index in [4.69, 9.17) is 0 Å². The molecular weight excluding hydrogens is 393 g/mol. The van der Waals surface area contributed by atoms with Gasteiger partial charge in [0.2, 0.25) is 0 Å². The number of amides is 1. The Bertz CT molecular complexity index is 922. The van der Waals surface area contributed by atoms with Crippen LogP contribution in [-0.2, 0) is 6.18 Å². The molecule has 0 bridgehead atoms. The van der Waals surface area contributed by atoms with Gasteiger partial charge in [-0.15, -0.1) is 0 Å². The summed E-state index contributed by atoms with van der Waals surface area (Å²) in [7, 11) is 0. The molecule has 0 fully saturated rings. The van der Waals surface area contributed by atoms with Gasteiger partial charge in [0, 0.05) is 11.1 Å². The number of alkyl halides is 3. The van der Waals surface area contributed by atoms with Crippen molar-refractivity contribution in [2.24, 2.45) is 0 Å². The fraction of sp³-hybridized carbons (Fsp3) is 0.158. The number of anilines is 1. The Balaban J connectivity index is 1.87. The first-order chi connectivity index (χ1) is 12.9. The lowest BCUT2D eigenvalue weighted by molar-refractivity contribution is -0.137. The molecule has 2 aromatic carbocycles. The molecule has 0 unspecified atom stereocenters. The van der Waals surface area contributed by atoms with E-state index in [9.17, 15) is 18.0 Å². The largest absolute Gasteiger partial charge is 0.416 e. The second-order valence-corrected chi connectivity index (χ2v) is 8.00. The minimum atomic E-state index is -4.43. The van der Waals surface area contributed by atoms with Crippen LogP contribution in [0.3, 0.4) is 0 Å². The lowest BCUT2D eigenvalue weighted by atomic mass is 10.1. The van der Waals surface area contributed by atoms with Crippen molar-refractivity contribution in [3.8, 4) is 11.3 Å². The third kappa shape index (κ3) is 4.70. The van der Waals surface area contributed by atoms with Crippen molar-refractivity contribution < 1.29 is 18.0 Å². The highest BCUT2D eigenvalue weighted by Gasteiger charge is 2.30. The monoisotopic (exact) mass is 408 g/mol. The molecule has 0 aliphatic heterocycles. The number of nitrogens with zero attached hydrogens (tertiary/aromatic N) is 1. The second kappa shape index (κ2) is 8.14. The van der Waals surface area contributed by atoms with Crippen LogP contribution in [0.2, 0.25) is 0 Å². The molecule has 140 valence electrons. The molecule has 8 heteroatoms. The molecule has 0 radical (unpaired) electrons. The highest BCUT2D eigenvalue weighted by molar-refractivity contribution is 8.01. The highest BCUT2D eigenvalue weighted by Crippen LogP contribution is 2.37. The fourth-order valence-electron chi connectivity index (χ4n) is 2.35. The van der Waals surface area contributed by atoms with Crippen LogP contribution in [0.25, 0.3) is 11.3 Å². The topological polar surface area (TPSA) is 42.0 Å². The quantitative estimate of drug-likeness (QED) is 0.512. The number of aromatic nitrogens is 1. The molecule has 0 saturated carbocycles. The van der Waals surface area contributed by atoms with Gasteiger partial charge in [-0.05, 0) is 30.0 Å². The number of hydrogen-bond acceptors (Lipinski definition) is 4. The molecule has 0 spiro atoms. The van der Waals surface area contributed by atoms with Crippen molar-refractivity contribution >= 4 is 34.0 Å². The standard InChI is InChI=1S/C19H15F3N2OS2/c1-2-26-18-23-15(12-6-4-3-5-7-12)17(27-18)24-16(25)13-8-10-14(11-9-13)19(20,21)22/h3-11H,2H2,1H3,(H,24,25). The molecule has 1 N–H and O–H groups in total. The summed E-state index contributed by atoms with van der Waals surface area (Å²) in [5.74, 6) is 0.367. The Labute approximate surface area is 162 Å². The Morgan fingerprint density at radius 3 is 2.37 bits per heavy atom. The number of rotatable bonds is 5. The molecule has 3 rings (SSSR count). The third-order valence-electron chi connectivity index (χ3n) is 3.62. The summed E-state index contributed by atoms with van der Waals surface area (Å²) >= 11 is 2.91. The third-order valence-corrected chi connectivity index (χ3v) is 5.62. The van der Waals surface area contributed by atoms with E-state index in [2.05, 4.69) is 10.3 Å². The van der Waals surface area contributed by atoms with E-state index in [1.165, 1.54) is 23.5 Å². The van der Waals surface area contributed by atoms with Gasteiger partial charge in [0.05, 0.1) is 5.56 Å². The minimum absolute atomic E-state index is 0.153. The summed E-state index contributed by atoms with van der Waals surface area (Å²) in [5, 5.41) is 3.36. The first-order valence-corrected chi connectivity index (χ1v) is 9.86. The van der Waals surface area contributed by atoms with Crippen LogP contribution in [0.1, 0.15) is 22.8 Å². The SMILES string of the molecule is CCSc1nc(-c2ccccc2)c(NC(=O)c2ccc(C(F)(F)F)cc2)s1. The predicted molar refractivity (Wildman–Crippen MR) is 103 cm³/mol. The Kier molecular flexibility index (Phi) is 5.86. The van der Waals surface area contributed by atoms with Crippen molar-refractivity contribution in [3.63, 3.8) is 0 Å². The van der Waals surface area contributed by atoms with Crippen molar-refractivity contribution in [2.75, 3.05) is 11.1 Å². The Morgan fingerprint density at radius 2 is 1.78 bits per heavy atom. The fourth-order valence-corrected chi connectivity index (χ4v) is 4.31. The van der Waals surface area contributed by atoms with E-state index in [0.29, 0.717) is 10.7 Å². The molecule has 0 atom stereocenters.